The normalized spacial score (nSPS) is 16.5. The molecule has 35 heavy (non-hydrogen) atoms. The number of amides is 1. The number of hydrogen-bond donors (Lipinski definition) is 0. The molecule has 0 radical (unpaired) electrons. The van der Waals surface area contributed by atoms with E-state index in [-0.39, 0.29) is 29.6 Å². The van der Waals surface area contributed by atoms with E-state index < -0.39 is 5.78 Å². The third-order valence-electron chi connectivity index (χ3n) is 6.26. The van der Waals surface area contributed by atoms with Gasteiger partial charge in [0.2, 0.25) is 23.1 Å². The van der Waals surface area contributed by atoms with Crippen molar-refractivity contribution in [3.8, 4) is 11.5 Å². The standard InChI is InChI=1S/C27H28N2O6/c1-17-20(24(31)26(34-3)25(33-2)23(17)30)14-18-9-10-22(35-19-8-7-11-28-16-19)21(15-18)27(32)29-12-5-4-6-13-29/h7-11,15-16H,4-6,12-14H2,1-3H3. The van der Waals surface area contributed by atoms with Crippen molar-refractivity contribution in [1.82, 2.24) is 9.88 Å². The highest BCUT2D eigenvalue weighted by Gasteiger charge is 2.35. The van der Waals surface area contributed by atoms with Crippen LogP contribution in [0.25, 0.3) is 0 Å². The third-order valence-corrected chi connectivity index (χ3v) is 6.26. The van der Waals surface area contributed by atoms with Gasteiger partial charge in [-0.05, 0) is 56.0 Å². The molecule has 1 aromatic carbocycles. The van der Waals surface area contributed by atoms with Crippen molar-refractivity contribution in [2.24, 2.45) is 0 Å². The number of piperidine rings is 1. The quantitative estimate of drug-likeness (QED) is 0.557. The first-order valence-electron chi connectivity index (χ1n) is 11.6. The Kier molecular flexibility index (Phi) is 7.29. The Bertz CT molecular complexity index is 1210. The van der Waals surface area contributed by atoms with E-state index in [0.717, 1.165) is 19.3 Å². The summed E-state index contributed by atoms with van der Waals surface area (Å²) in [5.41, 5.74) is 1.72. The minimum Gasteiger partial charge on any atom is -0.489 e. The van der Waals surface area contributed by atoms with E-state index >= 15 is 0 Å². The molecule has 0 saturated carbocycles. The third kappa shape index (κ3) is 4.96. The van der Waals surface area contributed by atoms with Crippen molar-refractivity contribution in [2.45, 2.75) is 32.6 Å². The fourth-order valence-electron chi connectivity index (χ4n) is 4.35. The number of pyridine rings is 1. The van der Waals surface area contributed by atoms with Crippen LogP contribution in [0.2, 0.25) is 0 Å². The number of Topliss-reactive ketones (excluding diaryl/α,β-unsaturated/α-hetero) is 2. The molecule has 2 aromatic rings. The molecular weight excluding hydrogens is 448 g/mol. The first-order valence-corrected chi connectivity index (χ1v) is 11.6. The van der Waals surface area contributed by atoms with E-state index in [1.54, 1.807) is 49.6 Å². The molecule has 1 aliphatic heterocycles. The van der Waals surface area contributed by atoms with Gasteiger partial charge in [0, 0.05) is 36.9 Å². The number of hydrogen-bond acceptors (Lipinski definition) is 7. The maximum Gasteiger partial charge on any atom is 0.257 e. The Morgan fingerprint density at radius 3 is 2.37 bits per heavy atom. The molecule has 182 valence electrons. The number of ether oxygens (including phenoxy) is 3. The molecule has 8 heteroatoms. The molecule has 1 fully saturated rings. The number of benzene rings is 1. The monoisotopic (exact) mass is 476 g/mol. The van der Waals surface area contributed by atoms with Crippen LogP contribution in [0.1, 0.15) is 42.1 Å². The van der Waals surface area contributed by atoms with Gasteiger partial charge in [-0.1, -0.05) is 6.07 Å². The molecule has 4 rings (SSSR count). The topological polar surface area (TPSA) is 95.0 Å². The second-order valence-electron chi connectivity index (χ2n) is 8.48. The summed E-state index contributed by atoms with van der Waals surface area (Å²) in [6.07, 6.45) is 6.41. The number of ketones is 2. The van der Waals surface area contributed by atoms with Crippen LogP contribution in [0.15, 0.2) is 65.4 Å². The van der Waals surface area contributed by atoms with E-state index in [4.69, 9.17) is 14.2 Å². The first-order chi connectivity index (χ1) is 16.9. The van der Waals surface area contributed by atoms with Gasteiger partial charge in [-0.15, -0.1) is 0 Å². The highest BCUT2D eigenvalue weighted by molar-refractivity contribution is 6.23. The fourth-order valence-corrected chi connectivity index (χ4v) is 4.35. The van der Waals surface area contributed by atoms with Crippen LogP contribution in [0, 0.1) is 0 Å². The lowest BCUT2D eigenvalue weighted by Crippen LogP contribution is -2.35. The van der Waals surface area contributed by atoms with Crippen LogP contribution in [0.3, 0.4) is 0 Å². The summed E-state index contributed by atoms with van der Waals surface area (Å²) in [5.74, 6) is -0.198. The average Bonchev–Trinajstić information content (AvgIpc) is 2.90. The highest BCUT2D eigenvalue weighted by atomic mass is 16.5. The van der Waals surface area contributed by atoms with Gasteiger partial charge in [0.1, 0.15) is 11.5 Å². The van der Waals surface area contributed by atoms with Gasteiger partial charge >= 0.3 is 0 Å². The van der Waals surface area contributed by atoms with E-state index in [9.17, 15) is 14.4 Å². The Labute approximate surface area is 204 Å². The number of aromatic nitrogens is 1. The number of allylic oxidation sites excluding steroid dienone is 2. The van der Waals surface area contributed by atoms with Gasteiger partial charge in [0.25, 0.3) is 5.91 Å². The van der Waals surface area contributed by atoms with Gasteiger partial charge in [-0.2, -0.15) is 0 Å². The predicted octanol–water partition coefficient (Wildman–Crippen LogP) is 4.02. The maximum atomic E-state index is 13.5. The van der Waals surface area contributed by atoms with Crippen LogP contribution in [0.4, 0.5) is 0 Å². The number of likely N-dealkylation sites (tertiary alicyclic amines) is 1. The van der Waals surface area contributed by atoms with Crippen molar-refractivity contribution in [2.75, 3.05) is 27.3 Å². The summed E-state index contributed by atoms with van der Waals surface area (Å²) < 4.78 is 16.3. The zero-order valence-electron chi connectivity index (χ0n) is 20.1. The lowest BCUT2D eigenvalue weighted by Gasteiger charge is -2.27. The molecular formula is C27H28N2O6. The van der Waals surface area contributed by atoms with Crippen LogP contribution >= 0.6 is 0 Å². The number of carbonyl (C=O) groups is 3. The SMILES string of the molecule is COC1=C(OC)C(=O)C(Cc2ccc(Oc3cccnc3)c(C(=O)N3CCCCC3)c2)=C(C)C1=O. The molecule has 1 amide bonds. The molecule has 1 aliphatic carbocycles. The van der Waals surface area contributed by atoms with Gasteiger partial charge in [-0.3, -0.25) is 19.4 Å². The van der Waals surface area contributed by atoms with Gasteiger partial charge in [-0.25, -0.2) is 0 Å². The van der Waals surface area contributed by atoms with Crippen molar-refractivity contribution in [1.29, 1.82) is 0 Å². The molecule has 0 bridgehead atoms. The lowest BCUT2D eigenvalue weighted by molar-refractivity contribution is -0.121. The van der Waals surface area contributed by atoms with Crippen molar-refractivity contribution < 1.29 is 28.6 Å². The van der Waals surface area contributed by atoms with Gasteiger partial charge in [0.05, 0.1) is 26.0 Å². The molecule has 1 saturated heterocycles. The van der Waals surface area contributed by atoms with Crippen molar-refractivity contribution >= 4 is 17.5 Å². The van der Waals surface area contributed by atoms with Crippen LogP contribution in [0.5, 0.6) is 11.5 Å². The summed E-state index contributed by atoms with van der Waals surface area (Å²) in [7, 11) is 2.66. The van der Waals surface area contributed by atoms with Crippen LogP contribution < -0.4 is 4.74 Å². The highest BCUT2D eigenvalue weighted by Crippen LogP contribution is 2.31. The van der Waals surface area contributed by atoms with Crippen LogP contribution in [-0.2, 0) is 25.5 Å². The number of nitrogens with zero attached hydrogens (tertiary/aromatic N) is 2. The Balaban J connectivity index is 1.69. The second-order valence-corrected chi connectivity index (χ2v) is 8.48. The maximum absolute atomic E-state index is 13.5. The number of methoxy groups -OCH3 is 2. The largest absolute Gasteiger partial charge is 0.489 e. The molecule has 8 nitrogen and oxygen atoms in total. The predicted molar refractivity (Wildman–Crippen MR) is 128 cm³/mol. The molecule has 2 heterocycles. The summed E-state index contributed by atoms with van der Waals surface area (Å²) >= 11 is 0. The Morgan fingerprint density at radius 2 is 1.71 bits per heavy atom. The zero-order valence-corrected chi connectivity index (χ0v) is 20.1. The Morgan fingerprint density at radius 1 is 1.00 bits per heavy atom. The summed E-state index contributed by atoms with van der Waals surface area (Å²) in [5, 5.41) is 0. The van der Waals surface area contributed by atoms with Crippen molar-refractivity contribution in [3.63, 3.8) is 0 Å². The summed E-state index contributed by atoms with van der Waals surface area (Å²) in [6.45, 7) is 2.98. The lowest BCUT2D eigenvalue weighted by atomic mass is 9.88. The number of carbonyl (C=O) groups excluding carboxylic acids is 3. The summed E-state index contributed by atoms with van der Waals surface area (Å²) in [6, 6.07) is 8.77. The molecule has 0 N–H and O–H groups in total. The minimum atomic E-state index is -0.402. The van der Waals surface area contributed by atoms with E-state index in [1.165, 1.54) is 14.2 Å². The van der Waals surface area contributed by atoms with Crippen molar-refractivity contribution in [3.05, 3.63) is 76.5 Å². The van der Waals surface area contributed by atoms with E-state index in [0.29, 0.717) is 46.9 Å². The van der Waals surface area contributed by atoms with Gasteiger partial charge in [0.15, 0.2) is 0 Å². The average molecular weight is 477 g/mol. The molecule has 0 unspecified atom stereocenters. The first kappa shape index (κ1) is 24.2. The van der Waals surface area contributed by atoms with E-state index in [1.807, 2.05) is 4.90 Å². The smallest absolute Gasteiger partial charge is 0.257 e. The minimum absolute atomic E-state index is 0.0973. The number of rotatable bonds is 7. The van der Waals surface area contributed by atoms with E-state index in [2.05, 4.69) is 4.98 Å². The summed E-state index contributed by atoms with van der Waals surface area (Å²) in [4.78, 5) is 45.2. The second kappa shape index (κ2) is 10.5. The molecule has 2 aliphatic rings. The molecule has 0 atom stereocenters. The fraction of sp³-hybridized carbons (Fsp3) is 0.333. The zero-order chi connectivity index (χ0) is 24.9. The van der Waals surface area contributed by atoms with Gasteiger partial charge < -0.3 is 19.1 Å². The molecule has 1 aromatic heterocycles. The molecule has 0 spiro atoms. The van der Waals surface area contributed by atoms with Crippen LogP contribution in [-0.4, -0.2) is 54.7 Å². The Hall–Kier alpha value is -3.94.